The smallest absolute Gasteiger partial charge is 0.125 e. The van der Waals surface area contributed by atoms with E-state index in [0.717, 1.165) is 11.5 Å². The van der Waals surface area contributed by atoms with Gasteiger partial charge in [-0.2, -0.15) is 10.4 Å². The van der Waals surface area contributed by atoms with E-state index in [4.69, 9.17) is 5.26 Å². The standard InChI is InChI=1S/C11H16N4/c1-9(8-12)6-7-10(2)15(5)11(3)14-13-4/h6-7,13H,1-2H2,3-5H3. The summed E-state index contributed by atoms with van der Waals surface area (Å²) < 4.78 is 0. The quantitative estimate of drug-likeness (QED) is 0.249. The van der Waals surface area contributed by atoms with Crippen molar-refractivity contribution in [2.75, 3.05) is 14.1 Å². The number of allylic oxidation sites excluding steroid dienone is 3. The van der Waals surface area contributed by atoms with Gasteiger partial charge in [-0.15, -0.1) is 0 Å². The zero-order valence-corrected chi connectivity index (χ0v) is 9.41. The van der Waals surface area contributed by atoms with Crippen molar-refractivity contribution >= 4 is 5.84 Å². The monoisotopic (exact) mass is 204 g/mol. The molecule has 0 aliphatic rings. The zero-order valence-electron chi connectivity index (χ0n) is 9.41. The molecule has 1 N–H and O–H groups in total. The van der Waals surface area contributed by atoms with E-state index in [-0.39, 0.29) is 0 Å². The molecule has 0 aromatic heterocycles. The van der Waals surface area contributed by atoms with Gasteiger partial charge in [0.05, 0.1) is 6.07 Å². The van der Waals surface area contributed by atoms with Crippen molar-refractivity contribution < 1.29 is 0 Å². The SMILES string of the molecule is C=C(C#N)C=CC(=C)N(C)C(C)=NNC. The predicted molar refractivity (Wildman–Crippen MR) is 63.0 cm³/mol. The Kier molecular flexibility index (Phi) is 5.57. The Bertz CT molecular complexity index is 344. The highest BCUT2D eigenvalue weighted by Gasteiger charge is 2.01. The van der Waals surface area contributed by atoms with Crippen molar-refractivity contribution in [1.29, 1.82) is 5.26 Å². The maximum Gasteiger partial charge on any atom is 0.125 e. The van der Waals surface area contributed by atoms with Gasteiger partial charge in [-0.3, -0.25) is 0 Å². The molecule has 0 aromatic rings. The highest BCUT2D eigenvalue weighted by molar-refractivity contribution is 5.81. The van der Waals surface area contributed by atoms with Gasteiger partial charge in [0.1, 0.15) is 5.84 Å². The summed E-state index contributed by atoms with van der Waals surface area (Å²) in [6.07, 6.45) is 3.34. The van der Waals surface area contributed by atoms with Crippen LogP contribution in [-0.4, -0.2) is 24.8 Å². The molecule has 0 spiro atoms. The number of rotatable bonds is 4. The van der Waals surface area contributed by atoms with Gasteiger partial charge < -0.3 is 10.3 Å². The van der Waals surface area contributed by atoms with E-state index in [1.807, 2.05) is 20.0 Å². The van der Waals surface area contributed by atoms with Gasteiger partial charge in [0.2, 0.25) is 0 Å². The minimum absolute atomic E-state index is 0.396. The van der Waals surface area contributed by atoms with Crippen molar-refractivity contribution in [2.45, 2.75) is 6.92 Å². The second-order valence-electron chi connectivity index (χ2n) is 2.90. The van der Waals surface area contributed by atoms with Crippen molar-refractivity contribution in [3.63, 3.8) is 0 Å². The van der Waals surface area contributed by atoms with Crippen LogP contribution in [0.5, 0.6) is 0 Å². The molecule has 0 aliphatic carbocycles. The molecule has 4 heteroatoms. The fourth-order valence-corrected chi connectivity index (χ4v) is 0.790. The number of nitrogens with zero attached hydrogens (tertiary/aromatic N) is 3. The van der Waals surface area contributed by atoms with Gasteiger partial charge in [-0.1, -0.05) is 13.2 Å². The summed E-state index contributed by atoms with van der Waals surface area (Å²) in [5.74, 6) is 0.787. The van der Waals surface area contributed by atoms with E-state index in [1.165, 1.54) is 0 Å². The largest absolute Gasteiger partial charge is 0.332 e. The number of amidine groups is 1. The van der Waals surface area contributed by atoms with Crippen LogP contribution in [-0.2, 0) is 0 Å². The van der Waals surface area contributed by atoms with E-state index in [1.54, 1.807) is 24.1 Å². The minimum atomic E-state index is 0.396. The van der Waals surface area contributed by atoms with Crippen LogP contribution in [0.1, 0.15) is 6.92 Å². The number of hydrogen-bond acceptors (Lipinski definition) is 3. The van der Waals surface area contributed by atoms with Crippen LogP contribution in [0.3, 0.4) is 0 Å². The third-order valence-corrected chi connectivity index (χ3v) is 1.81. The van der Waals surface area contributed by atoms with Gasteiger partial charge in [0.15, 0.2) is 0 Å². The van der Waals surface area contributed by atoms with E-state index >= 15 is 0 Å². The predicted octanol–water partition coefficient (Wildman–Crippen LogP) is 1.62. The average molecular weight is 204 g/mol. The third kappa shape index (κ3) is 4.67. The Hall–Kier alpha value is -2.02. The molecule has 0 fully saturated rings. The van der Waals surface area contributed by atoms with E-state index in [9.17, 15) is 0 Å². The molecule has 0 bridgehead atoms. The molecule has 15 heavy (non-hydrogen) atoms. The Morgan fingerprint density at radius 1 is 1.47 bits per heavy atom. The van der Waals surface area contributed by atoms with Gasteiger partial charge in [-0.25, -0.2) is 0 Å². The molecule has 0 saturated heterocycles. The molecule has 0 amide bonds. The minimum Gasteiger partial charge on any atom is -0.332 e. The maximum absolute atomic E-state index is 8.50. The summed E-state index contributed by atoms with van der Waals surface area (Å²) in [5.41, 5.74) is 3.83. The van der Waals surface area contributed by atoms with Crippen LogP contribution >= 0.6 is 0 Å². The first-order chi connectivity index (χ1) is 7.02. The summed E-state index contributed by atoms with van der Waals surface area (Å²) in [7, 11) is 3.57. The normalized spacial score (nSPS) is 10.9. The molecular formula is C11H16N4. The fraction of sp³-hybridized carbons (Fsp3) is 0.273. The molecule has 4 nitrogen and oxygen atoms in total. The number of hydrazone groups is 1. The van der Waals surface area contributed by atoms with Crippen molar-refractivity contribution in [3.8, 4) is 6.07 Å². The average Bonchev–Trinajstić information content (AvgIpc) is 2.24. The fourth-order valence-electron chi connectivity index (χ4n) is 0.790. The molecule has 0 aromatic carbocycles. The van der Waals surface area contributed by atoms with Crippen molar-refractivity contribution in [1.82, 2.24) is 10.3 Å². The molecule has 0 radical (unpaired) electrons. The first-order valence-electron chi connectivity index (χ1n) is 4.43. The first kappa shape index (κ1) is 13.0. The van der Waals surface area contributed by atoms with E-state index < -0.39 is 0 Å². The van der Waals surface area contributed by atoms with Crippen LogP contribution < -0.4 is 5.43 Å². The highest BCUT2D eigenvalue weighted by atomic mass is 15.3. The Morgan fingerprint density at radius 3 is 2.53 bits per heavy atom. The lowest BCUT2D eigenvalue weighted by Gasteiger charge is -2.18. The van der Waals surface area contributed by atoms with Crippen LogP contribution in [0.2, 0.25) is 0 Å². The zero-order chi connectivity index (χ0) is 11.8. The molecule has 80 valence electrons. The van der Waals surface area contributed by atoms with Crippen LogP contribution in [0, 0.1) is 11.3 Å². The first-order valence-corrected chi connectivity index (χ1v) is 4.43. The topological polar surface area (TPSA) is 51.4 Å². The number of likely N-dealkylation sites (N-methyl/N-ethyl adjacent to an activating group) is 1. The van der Waals surface area contributed by atoms with Crippen molar-refractivity contribution in [2.24, 2.45) is 5.10 Å². The second kappa shape index (κ2) is 6.44. The Balaban J connectivity index is 4.48. The van der Waals surface area contributed by atoms with Gasteiger partial charge in [-0.05, 0) is 19.1 Å². The van der Waals surface area contributed by atoms with Crippen molar-refractivity contribution in [3.05, 3.63) is 36.6 Å². The summed E-state index contributed by atoms with van der Waals surface area (Å²) in [4.78, 5) is 1.80. The van der Waals surface area contributed by atoms with Gasteiger partial charge >= 0.3 is 0 Å². The highest BCUT2D eigenvalue weighted by Crippen LogP contribution is 2.03. The van der Waals surface area contributed by atoms with E-state index in [2.05, 4.69) is 23.7 Å². The van der Waals surface area contributed by atoms with E-state index in [0.29, 0.717) is 5.57 Å². The summed E-state index contributed by atoms with van der Waals surface area (Å²) in [6.45, 7) is 9.24. The Labute approximate surface area is 90.9 Å². The Morgan fingerprint density at radius 2 is 2.07 bits per heavy atom. The molecule has 0 aliphatic heterocycles. The summed E-state index contributed by atoms with van der Waals surface area (Å²) in [5, 5.41) is 12.5. The maximum atomic E-state index is 8.50. The lowest BCUT2D eigenvalue weighted by molar-refractivity contribution is 0.633. The van der Waals surface area contributed by atoms with Crippen LogP contribution in [0.15, 0.2) is 41.7 Å². The van der Waals surface area contributed by atoms with Gasteiger partial charge in [0.25, 0.3) is 0 Å². The third-order valence-electron chi connectivity index (χ3n) is 1.81. The molecule has 0 rings (SSSR count). The molecule has 0 unspecified atom stereocenters. The summed E-state index contributed by atoms with van der Waals surface area (Å²) >= 11 is 0. The molecule has 0 heterocycles. The molecule has 0 saturated carbocycles. The summed E-state index contributed by atoms with van der Waals surface area (Å²) in [6, 6.07) is 1.93. The lowest BCUT2D eigenvalue weighted by atomic mass is 10.2. The molecule has 0 atom stereocenters. The molecular weight excluding hydrogens is 188 g/mol. The number of hydrogen-bond donors (Lipinski definition) is 1. The lowest BCUT2D eigenvalue weighted by Crippen LogP contribution is -2.23. The number of nitriles is 1. The second-order valence-corrected chi connectivity index (χ2v) is 2.90. The number of nitrogens with one attached hydrogen (secondary N) is 1. The van der Waals surface area contributed by atoms with Gasteiger partial charge in [0, 0.05) is 25.4 Å². The van der Waals surface area contributed by atoms with Crippen LogP contribution in [0.4, 0.5) is 0 Å². The van der Waals surface area contributed by atoms with Crippen LogP contribution in [0.25, 0.3) is 0 Å².